The van der Waals surface area contributed by atoms with Crippen molar-refractivity contribution in [3.8, 4) is 17.2 Å². The van der Waals surface area contributed by atoms with Crippen LogP contribution in [0.5, 0.6) is 17.2 Å². The van der Waals surface area contributed by atoms with E-state index in [0.717, 1.165) is 36.0 Å². The maximum Gasteiger partial charge on any atom is 0.127 e. The van der Waals surface area contributed by atoms with Gasteiger partial charge in [-0.25, -0.2) is 0 Å². The van der Waals surface area contributed by atoms with Crippen molar-refractivity contribution in [3.63, 3.8) is 0 Å². The lowest BCUT2D eigenvalue weighted by Gasteiger charge is -2.34. The lowest BCUT2D eigenvalue weighted by Crippen LogP contribution is -2.43. The molecule has 1 aromatic carbocycles. The predicted octanol–water partition coefficient (Wildman–Crippen LogP) is 3.38. The van der Waals surface area contributed by atoms with Gasteiger partial charge in [0.1, 0.15) is 23.4 Å². The topological polar surface area (TPSA) is 53.7 Å². The molecule has 0 bridgehead atoms. The molecule has 1 aliphatic rings. The van der Waals surface area contributed by atoms with Crippen molar-refractivity contribution in [2.45, 2.75) is 51.2 Å². The zero-order valence-corrected chi connectivity index (χ0v) is 13.3. The first-order chi connectivity index (χ1) is 10.2. The lowest BCUT2D eigenvalue weighted by molar-refractivity contribution is 0.0988. The highest BCUT2D eigenvalue weighted by Gasteiger charge is 2.29. The largest absolute Gasteiger partial charge is 0.496 e. The average Bonchev–Trinajstić information content (AvgIpc) is 2.50. The van der Waals surface area contributed by atoms with E-state index in [1.165, 1.54) is 19.3 Å². The Balaban J connectivity index is 2.08. The maximum atomic E-state index is 6.24. The van der Waals surface area contributed by atoms with E-state index in [-0.39, 0.29) is 12.1 Å². The van der Waals surface area contributed by atoms with Gasteiger partial charge in [-0.05, 0) is 25.2 Å². The Kier molecular flexibility index (Phi) is 5.74. The van der Waals surface area contributed by atoms with E-state index in [1.54, 1.807) is 14.2 Å². The minimum Gasteiger partial charge on any atom is -0.496 e. The Morgan fingerprint density at radius 3 is 2.24 bits per heavy atom. The van der Waals surface area contributed by atoms with Gasteiger partial charge < -0.3 is 19.9 Å². The van der Waals surface area contributed by atoms with Crippen molar-refractivity contribution in [2.75, 3.05) is 14.2 Å². The van der Waals surface area contributed by atoms with Crippen LogP contribution in [0.3, 0.4) is 0 Å². The van der Waals surface area contributed by atoms with Crippen LogP contribution in [0.15, 0.2) is 18.2 Å². The van der Waals surface area contributed by atoms with Crippen LogP contribution in [0, 0.1) is 5.92 Å². The summed E-state index contributed by atoms with van der Waals surface area (Å²) < 4.78 is 16.7. The second kappa shape index (κ2) is 7.55. The SMILES string of the molecule is CCCC1CCC(N)C(Oc2cc(OC)cc(OC)c2)C1. The third-order valence-corrected chi connectivity index (χ3v) is 4.26. The molecule has 0 heterocycles. The smallest absolute Gasteiger partial charge is 0.127 e. The third kappa shape index (κ3) is 4.27. The summed E-state index contributed by atoms with van der Waals surface area (Å²) in [5, 5.41) is 0. The first-order valence-electron chi connectivity index (χ1n) is 7.81. The summed E-state index contributed by atoms with van der Waals surface area (Å²) >= 11 is 0. The highest BCUT2D eigenvalue weighted by atomic mass is 16.5. The van der Waals surface area contributed by atoms with Crippen molar-refractivity contribution >= 4 is 0 Å². The first kappa shape index (κ1) is 16.0. The Labute approximate surface area is 127 Å². The molecule has 4 heteroatoms. The van der Waals surface area contributed by atoms with Crippen molar-refractivity contribution in [2.24, 2.45) is 11.7 Å². The lowest BCUT2D eigenvalue weighted by atomic mass is 9.82. The van der Waals surface area contributed by atoms with Crippen molar-refractivity contribution in [1.82, 2.24) is 0 Å². The van der Waals surface area contributed by atoms with Gasteiger partial charge in [0.2, 0.25) is 0 Å². The number of methoxy groups -OCH3 is 2. The van der Waals surface area contributed by atoms with Crippen molar-refractivity contribution in [1.29, 1.82) is 0 Å². The molecule has 0 saturated heterocycles. The zero-order valence-electron chi connectivity index (χ0n) is 13.3. The summed E-state index contributed by atoms with van der Waals surface area (Å²) in [6, 6.07) is 5.72. The molecular weight excluding hydrogens is 266 g/mol. The van der Waals surface area contributed by atoms with Crippen LogP contribution in [-0.2, 0) is 0 Å². The highest BCUT2D eigenvalue weighted by Crippen LogP contribution is 2.33. The second-order valence-electron chi connectivity index (χ2n) is 5.84. The molecule has 118 valence electrons. The minimum atomic E-state index is 0.0760. The molecule has 1 aromatic rings. The number of rotatable bonds is 6. The molecule has 0 amide bonds. The zero-order chi connectivity index (χ0) is 15.2. The molecule has 1 saturated carbocycles. The highest BCUT2D eigenvalue weighted by molar-refractivity contribution is 5.42. The van der Waals surface area contributed by atoms with Gasteiger partial charge in [0, 0.05) is 24.2 Å². The molecule has 0 aromatic heterocycles. The van der Waals surface area contributed by atoms with Crippen LogP contribution in [0.4, 0.5) is 0 Å². The number of hydrogen-bond acceptors (Lipinski definition) is 4. The minimum absolute atomic E-state index is 0.0760. The first-order valence-corrected chi connectivity index (χ1v) is 7.81. The van der Waals surface area contributed by atoms with Gasteiger partial charge >= 0.3 is 0 Å². The fraction of sp³-hybridized carbons (Fsp3) is 0.647. The number of ether oxygens (including phenoxy) is 3. The van der Waals surface area contributed by atoms with Gasteiger partial charge in [-0.15, -0.1) is 0 Å². The molecule has 3 atom stereocenters. The Hall–Kier alpha value is -1.42. The monoisotopic (exact) mass is 293 g/mol. The normalized spacial score (nSPS) is 25.4. The average molecular weight is 293 g/mol. The fourth-order valence-corrected chi connectivity index (χ4v) is 3.07. The van der Waals surface area contributed by atoms with E-state index in [4.69, 9.17) is 19.9 Å². The van der Waals surface area contributed by atoms with Crippen molar-refractivity contribution < 1.29 is 14.2 Å². The Morgan fingerprint density at radius 2 is 1.67 bits per heavy atom. The van der Waals surface area contributed by atoms with E-state index >= 15 is 0 Å². The molecule has 3 unspecified atom stereocenters. The molecule has 21 heavy (non-hydrogen) atoms. The van der Waals surface area contributed by atoms with Crippen LogP contribution in [0.25, 0.3) is 0 Å². The third-order valence-electron chi connectivity index (χ3n) is 4.26. The quantitative estimate of drug-likeness (QED) is 0.873. The predicted molar refractivity (Wildman–Crippen MR) is 84.2 cm³/mol. The van der Waals surface area contributed by atoms with Crippen LogP contribution < -0.4 is 19.9 Å². The van der Waals surface area contributed by atoms with Gasteiger partial charge in [0.15, 0.2) is 0 Å². The van der Waals surface area contributed by atoms with E-state index < -0.39 is 0 Å². The number of nitrogens with two attached hydrogens (primary N) is 1. The van der Waals surface area contributed by atoms with Gasteiger partial charge in [0.05, 0.1) is 14.2 Å². The standard InChI is InChI=1S/C17H27NO3/c1-4-5-12-6-7-16(18)17(8-12)21-15-10-13(19-2)9-14(11-15)20-3/h9-12,16-17H,4-8,18H2,1-3H3. The summed E-state index contributed by atoms with van der Waals surface area (Å²) in [5.41, 5.74) is 6.24. The van der Waals surface area contributed by atoms with Gasteiger partial charge in [0.25, 0.3) is 0 Å². The van der Waals surface area contributed by atoms with Crippen LogP contribution >= 0.6 is 0 Å². The molecule has 2 rings (SSSR count). The van der Waals surface area contributed by atoms with E-state index in [2.05, 4.69) is 6.92 Å². The fourth-order valence-electron chi connectivity index (χ4n) is 3.07. The summed E-state index contributed by atoms with van der Waals surface area (Å²) in [7, 11) is 3.28. The summed E-state index contributed by atoms with van der Waals surface area (Å²) in [4.78, 5) is 0. The summed E-state index contributed by atoms with van der Waals surface area (Å²) in [6.07, 6.45) is 5.85. The van der Waals surface area contributed by atoms with Gasteiger partial charge in [-0.3, -0.25) is 0 Å². The van der Waals surface area contributed by atoms with Gasteiger partial charge in [-0.1, -0.05) is 19.8 Å². The van der Waals surface area contributed by atoms with Crippen LogP contribution in [-0.4, -0.2) is 26.4 Å². The van der Waals surface area contributed by atoms with E-state index in [9.17, 15) is 0 Å². The van der Waals surface area contributed by atoms with E-state index in [0.29, 0.717) is 0 Å². The molecule has 1 aliphatic carbocycles. The molecule has 0 aliphatic heterocycles. The van der Waals surface area contributed by atoms with Crippen LogP contribution in [0.2, 0.25) is 0 Å². The second-order valence-corrected chi connectivity index (χ2v) is 5.84. The molecule has 0 radical (unpaired) electrons. The molecule has 1 fully saturated rings. The summed E-state index contributed by atoms with van der Waals surface area (Å²) in [5.74, 6) is 2.97. The van der Waals surface area contributed by atoms with Crippen molar-refractivity contribution in [3.05, 3.63) is 18.2 Å². The molecule has 4 nitrogen and oxygen atoms in total. The summed E-state index contributed by atoms with van der Waals surface area (Å²) in [6.45, 7) is 2.23. The van der Waals surface area contributed by atoms with E-state index in [1.807, 2.05) is 18.2 Å². The number of benzene rings is 1. The molecular formula is C17H27NO3. The maximum absolute atomic E-state index is 6.24. The Morgan fingerprint density at radius 1 is 1.05 bits per heavy atom. The van der Waals surface area contributed by atoms with Gasteiger partial charge in [-0.2, -0.15) is 0 Å². The Bertz CT molecular complexity index is 427. The number of hydrogen-bond donors (Lipinski definition) is 1. The van der Waals surface area contributed by atoms with Crippen LogP contribution in [0.1, 0.15) is 39.0 Å². The molecule has 2 N–H and O–H groups in total. The molecule has 0 spiro atoms.